The van der Waals surface area contributed by atoms with Crippen LogP contribution < -0.4 is 5.32 Å². The summed E-state index contributed by atoms with van der Waals surface area (Å²) in [5.41, 5.74) is 4.84. The number of nitrogens with zero attached hydrogens (tertiary/aromatic N) is 1. The second-order valence-electron chi connectivity index (χ2n) is 5.10. The second-order valence-corrected chi connectivity index (χ2v) is 5.49. The van der Waals surface area contributed by atoms with Gasteiger partial charge < -0.3 is 5.32 Å². The maximum Gasteiger partial charge on any atom is 0.129 e. The Hall–Kier alpha value is -2.06. The number of hydrogen-bond acceptors (Lipinski definition) is 2. The van der Waals surface area contributed by atoms with E-state index in [1.165, 1.54) is 16.8 Å². The molecule has 0 bridgehead atoms. The van der Waals surface area contributed by atoms with Gasteiger partial charge in [0.1, 0.15) is 5.15 Å². The number of pyridine rings is 1. The van der Waals surface area contributed by atoms with Crippen molar-refractivity contribution in [2.75, 3.05) is 5.32 Å². The standard InChI is InChI=1S/C17H13ClN2/c18-16-10-11(8-9-19-16)12-5-3-6-14-13-4-1-2-7-15(13)20-17(12)14/h1-10,13,15,20H. The fraction of sp³-hybridized carbons (Fsp3) is 0.118. The molecule has 0 saturated heterocycles. The monoisotopic (exact) mass is 280 g/mol. The van der Waals surface area contributed by atoms with E-state index in [-0.39, 0.29) is 0 Å². The molecule has 1 aliphatic carbocycles. The Bertz CT molecular complexity index is 734. The van der Waals surface area contributed by atoms with Crippen LogP contribution in [0.2, 0.25) is 5.15 Å². The number of aromatic nitrogens is 1. The van der Waals surface area contributed by atoms with Crippen LogP contribution in [0, 0.1) is 0 Å². The van der Waals surface area contributed by atoms with Gasteiger partial charge in [0.25, 0.3) is 0 Å². The van der Waals surface area contributed by atoms with Crippen molar-refractivity contribution in [3.63, 3.8) is 0 Å². The minimum Gasteiger partial charge on any atom is -0.377 e. The second kappa shape index (κ2) is 4.50. The lowest BCUT2D eigenvalue weighted by Crippen LogP contribution is -2.17. The Morgan fingerprint density at radius 1 is 1.10 bits per heavy atom. The number of halogens is 1. The van der Waals surface area contributed by atoms with Crippen molar-refractivity contribution in [3.05, 3.63) is 71.5 Å². The van der Waals surface area contributed by atoms with Crippen LogP contribution in [0.3, 0.4) is 0 Å². The molecule has 3 heteroatoms. The summed E-state index contributed by atoms with van der Waals surface area (Å²) in [6.45, 7) is 0. The topological polar surface area (TPSA) is 24.9 Å². The number of hydrogen-bond donors (Lipinski definition) is 1. The molecule has 1 N–H and O–H groups in total. The van der Waals surface area contributed by atoms with E-state index in [0.717, 1.165) is 5.56 Å². The Balaban J connectivity index is 1.87. The highest BCUT2D eigenvalue weighted by Crippen LogP contribution is 2.44. The zero-order valence-electron chi connectivity index (χ0n) is 10.8. The van der Waals surface area contributed by atoms with Crippen LogP contribution in [0.1, 0.15) is 11.5 Å². The summed E-state index contributed by atoms with van der Waals surface area (Å²) in [7, 11) is 0. The van der Waals surface area contributed by atoms with E-state index >= 15 is 0 Å². The predicted octanol–water partition coefficient (Wildman–Crippen LogP) is 4.41. The van der Waals surface area contributed by atoms with Crippen LogP contribution in [0.25, 0.3) is 11.1 Å². The Labute approximate surface area is 122 Å². The molecule has 20 heavy (non-hydrogen) atoms. The van der Waals surface area contributed by atoms with Crippen LogP contribution in [0.5, 0.6) is 0 Å². The summed E-state index contributed by atoms with van der Waals surface area (Å²) >= 11 is 6.01. The fourth-order valence-corrected chi connectivity index (χ4v) is 3.20. The highest BCUT2D eigenvalue weighted by atomic mass is 35.5. The molecule has 4 rings (SSSR count). The summed E-state index contributed by atoms with van der Waals surface area (Å²) in [6, 6.07) is 10.7. The number of rotatable bonds is 1. The summed E-state index contributed by atoms with van der Waals surface area (Å²) < 4.78 is 0. The molecule has 2 heterocycles. The quantitative estimate of drug-likeness (QED) is 0.783. The molecule has 0 fully saturated rings. The highest BCUT2D eigenvalue weighted by Gasteiger charge is 2.31. The molecule has 1 aromatic carbocycles. The van der Waals surface area contributed by atoms with Crippen molar-refractivity contribution in [3.8, 4) is 11.1 Å². The van der Waals surface area contributed by atoms with E-state index in [1.807, 2.05) is 12.1 Å². The van der Waals surface area contributed by atoms with Gasteiger partial charge in [-0.05, 0) is 23.3 Å². The molecule has 98 valence electrons. The number of benzene rings is 1. The number of para-hydroxylation sites is 1. The summed E-state index contributed by atoms with van der Waals surface area (Å²) in [5.74, 6) is 0.423. The van der Waals surface area contributed by atoms with Crippen molar-refractivity contribution < 1.29 is 0 Å². The third-order valence-electron chi connectivity index (χ3n) is 3.94. The molecule has 0 radical (unpaired) electrons. The first-order chi connectivity index (χ1) is 9.83. The van der Waals surface area contributed by atoms with Gasteiger partial charge in [-0.25, -0.2) is 4.98 Å². The molecular formula is C17H13ClN2. The van der Waals surface area contributed by atoms with Gasteiger partial charge in [-0.3, -0.25) is 0 Å². The van der Waals surface area contributed by atoms with Gasteiger partial charge in [-0.1, -0.05) is 54.1 Å². The van der Waals surface area contributed by atoms with Crippen molar-refractivity contribution in [2.24, 2.45) is 0 Å². The molecule has 2 aliphatic rings. The minimum atomic E-state index is 0.355. The average Bonchev–Trinajstić information content (AvgIpc) is 2.86. The normalized spacial score (nSPS) is 22.2. The van der Waals surface area contributed by atoms with E-state index in [9.17, 15) is 0 Å². The van der Waals surface area contributed by atoms with Crippen LogP contribution >= 0.6 is 11.6 Å². The van der Waals surface area contributed by atoms with Crippen LogP contribution in [0.4, 0.5) is 5.69 Å². The molecule has 2 atom stereocenters. The zero-order chi connectivity index (χ0) is 13.5. The maximum absolute atomic E-state index is 6.01. The summed E-state index contributed by atoms with van der Waals surface area (Å²) in [5, 5.41) is 4.14. The van der Waals surface area contributed by atoms with E-state index in [0.29, 0.717) is 17.1 Å². The largest absolute Gasteiger partial charge is 0.377 e. The van der Waals surface area contributed by atoms with Gasteiger partial charge >= 0.3 is 0 Å². The first-order valence-electron chi connectivity index (χ1n) is 6.69. The molecular weight excluding hydrogens is 268 g/mol. The third-order valence-corrected chi connectivity index (χ3v) is 4.15. The predicted molar refractivity (Wildman–Crippen MR) is 83.1 cm³/mol. The fourth-order valence-electron chi connectivity index (χ4n) is 3.03. The first kappa shape index (κ1) is 11.7. The number of anilines is 1. The van der Waals surface area contributed by atoms with E-state index in [2.05, 4.69) is 52.8 Å². The smallest absolute Gasteiger partial charge is 0.129 e. The average molecular weight is 281 g/mol. The van der Waals surface area contributed by atoms with Gasteiger partial charge in [-0.15, -0.1) is 0 Å². The van der Waals surface area contributed by atoms with Crippen LogP contribution in [0.15, 0.2) is 60.8 Å². The lowest BCUT2D eigenvalue weighted by atomic mass is 9.90. The van der Waals surface area contributed by atoms with Crippen molar-refractivity contribution in [1.82, 2.24) is 4.98 Å². The van der Waals surface area contributed by atoms with Gasteiger partial charge in [0.15, 0.2) is 0 Å². The summed E-state index contributed by atoms with van der Waals surface area (Å²) in [6.07, 6.45) is 10.4. The van der Waals surface area contributed by atoms with Gasteiger partial charge in [0, 0.05) is 23.4 Å². The molecule has 1 aliphatic heterocycles. The Kier molecular flexibility index (Phi) is 2.64. The van der Waals surface area contributed by atoms with Gasteiger partial charge in [-0.2, -0.15) is 0 Å². The van der Waals surface area contributed by atoms with E-state index < -0.39 is 0 Å². The Morgan fingerprint density at radius 2 is 2.00 bits per heavy atom. The number of fused-ring (bicyclic) bond motifs is 3. The summed E-state index contributed by atoms with van der Waals surface area (Å²) in [4.78, 5) is 4.05. The molecule has 2 nitrogen and oxygen atoms in total. The minimum absolute atomic E-state index is 0.355. The zero-order valence-corrected chi connectivity index (χ0v) is 11.5. The molecule has 0 spiro atoms. The number of nitrogens with one attached hydrogen (secondary N) is 1. The molecule has 0 amide bonds. The lowest BCUT2D eigenvalue weighted by Gasteiger charge is -2.15. The maximum atomic E-state index is 6.01. The van der Waals surface area contributed by atoms with Crippen molar-refractivity contribution >= 4 is 17.3 Å². The third kappa shape index (κ3) is 1.76. The van der Waals surface area contributed by atoms with Crippen LogP contribution in [-0.4, -0.2) is 11.0 Å². The van der Waals surface area contributed by atoms with Crippen molar-refractivity contribution in [2.45, 2.75) is 12.0 Å². The first-order valence-corrected chi connectivity index (χ1v) is 7.07. The highest BCUT2D eigenvalue weighted by molar-refractivity contribution is 6.29. The Morgan fingerprint density at radius 3 is 2.90 bits per heavy atom. The molecule has 2 aromatic rings. The lowest BCUT2D eigenvalue weighted by molar-refractivity contribution is 0.805. The van der Waals surface area contributed by atoms with Gasteiger partial charge in [0.2, 0.25) is 0 Å². The van der Waals surface area contributed by atoms with E-state index in [1.54, 1.807) is 6.20 Å². The van der Waals surface area contributed by atoms with Crippen molar-refractivity contribution in [1.29, 1.82) is 0 Å². The molecule has 2 unspecified atom stereocenters. The number of allylic oxidation sites excluding steroid dienone is 2. The SMILES string of the molecule is Clc1cc(-c2cccc3c2NC2C=CC=CC32)ccn1. The van der Waals surface area contributed by atoms with Gasteiger partial charge in [0.05, 0.1) is 6.04 Å². The van der Waals surface area contributed by atoms with E-state index in [4.69, 9.17) is 11.6 Å². The molecule has 0 saturated carbocycles. The molecule has 1 aromatic heterocycles. The van der Waals surface area contributed by atoms with Crippen LogP contribution in [-0.2, 0) is 0 Å².